The third-order valence-corrected chi connectivity index (χ3v) is 5.06. The van der Waals surface area contributed by atoms with Crippen LogP contribution < -0.4 is 25.0 Å². The molecule has 0 spiro atoms. The molecule has 27 heavy (non-hydrogen) atoms. The van der Waals surface area contributed by atoms with Gasteiger partial charge in [-0.2, -0.15) is 0 Å². The van der Waals surface area contributed by atoms with Crippen molar-refractivity contribution in [1.29, 1.82) is 0 Å². The van der Waals surface area contributed by atoms with Crippen molar-refractivity contribution in [3.63, 3.8) is 0 Å². The highest BCUT2D eigenvalue weighted by atomic mass is 16.5. The number of anilines is 2. The molecule has 0 unspecified atom stereocenters. The number of urea groups is 1. The Balaban J connectivity index is 1.36. The zero-order valence-corrected chi connectivity index (χ0v) is 15.8. The second kappa shape index (κ2) is 7.39. The first-order valence-electron chi connectivity index (χ1n) is 9.37. The molecule has 2 aromatic carbocycles. The summed E-state index contributed by atoms with van der Waals surface area (Å²) in [5.41, 5.74) is 5.51. The molecule has 2 aliphatic rings. The van der Waals surface area contributed by atoms with E-state index in [1.54, 1.807) is 0 Å². The summed E-state index contributed by atoms with van der Waals surface area (Å²) in [6.45, 7) is 2.00. The Morgan fingerprint density at radius 1 is 1.11 bits per heavy atom. The molecular formula is C21H25N3O3. The summed E-state index contributed by atoms with van der Waals surface area (Å²) in [6.07, 6.45) is 2.57. The van der Waals surface area contributed by atoms with Gasteiger partial charge in [0.1, 0.15) is 11.5 Å². The number of hydrogen-bond acceptors (Lipinski definition) is 4. The lowest BCUT2D eigenvalue weighted by Crippen LogP contribution is -2.30. The van der Waals surface area contributed by atoms with Crippen LogP contribution in [0.1, 0.15) is 16.7 Å². The number of amides is 2. The molecule has 0 saturated heterocycles. The zero-order valence-electron chi connectivity index (χ0n) is 15.8. The molecule has 2 heterocycles. The third kappa shape index (κ3) is 3.65. The molecule has 2 aromatic rings. The van der Waals surface area contributed by atoms with E-state index in [2.05, 4.69) is 16.7 Å². The summed E-state index contributed by atoms with van der Waals surface area (Å²) in [6, 6.07) is 9.67. The van der Waals surface area contributed by atoms with Crippen LogP contribution in [0.15, 0.2) is 30.3 Å². The van der Waals surface area contributed by atoms with E-state index in [9.17, 15) is 4.79 Å². The maximum atomic E-state index is 12.2. The van der Waals surface area contributed by atoms with Crippen LogP contribution in [0.3, 0.4) is 0 Å². The fourth-order valence-corrected chi connectivity index (χ4v) is 3.67. The predicted octanol–water partition coefficient (Wildman–Crippen LogP) is 2.99. The van der Waals surface area contributed by atoms with E-state index in [1.165, 1.54) is 16.7 Å². The largest absolute Gasteiger partial charge is 0.493 e. The minimum absolute atomic E-state index is 0.200. The monoisotopic (exact) mass is 367 g/mol. The Hall–Kier alpha value is -2.89. The summed E-state index contributed by atoms with van der Waals surface area (Å²) in [5, 5.41) is 5.82. The van der Waals surface area contributed by atoms with Gasteiger partial charge in [-0.15, -0.1) is 0 Å². The predicted molar refractivity (Wildman–Crippen MR) is 106 cm³/mol. The van der Waals surface area contributed by atoms with Crippen molar-refractivity contribution in [2.45, 2.75) is 19.3 Å². The van der Waals surface area contributed by atoms with Gasteiger partial charge in [-0.1, -0.05) is 0 Å². The molecule has 0 bridgehead atoms. The first-order valence-corrected chi connectivity index (χ1v) is 9.37. The van der Waals surface area contributed by atoms with E-state index in [4.69, 9.17) is 9.47 Å². The minimum atomic E-state index is -0.200. The highest BCUT2D eigenvalue weighted by Crippen LogP contribution is 2.40. The van der Waals surface area contributed by atoms with E-state index in [1.807, 2.05) is 43.3 Å². The summed E-state index contributed by atoms with van der Waals surface area (Å²) >= 11 is 0. The Bertz CT molecular complexity index is 814. The van der Waals surface area contributed by atoms with Gasteiger partial charge in [0.25, 0.3) is 0 Å². The number of nitrogens with one attached hydrogen (secondary N) is 2. The second-order valence-electron chi connectivity index (χ2n) is 7.09. The lowest BCUT2D eigenvalue weighted by atomic mass is 9.97. The molecule has 0 saturated carbocycles. The van der Waals surface area contributed by atoms with Crippen LogP contribution in [0.2, 0.25) is 0 Å². The molecule has 6 heteroatoms. The lowest BCUT2D eigenvalue weighted by molar-refractivity contribution is 0.252. The van der Waals surface area contributed by atoms with Crippen LogP contribution in [0.25, 0.3) is 0 Å². The van der Waals surface area contributed by atoms with Gasteiger partial charge in [0.2, 0.25) is 0 Å². The maximum Gasteiger partial charge on any atom is 0.319 e. The number of carbonyl (C=O) groups excluding carboxylic acids is 1. The lowest BCUT2D eigenvalue weighted by Gasteiger charge is -2.14. The molecule has 0 radical (unpaired) electrons. The quantitative estimate of drug-likeness (QED) is 0.853. The van der Waals surface area contributed by atoms with Crippen LogP contribution >= 0.6 is 0 Å². The van der Waals surface area contributed by atoms with Gasteiger partial charge >= 0.3 is 6.03 Å². The summed E-state index contributed by atoms with van der Waals surface area (Å²) in [5.74, 6) is 1.99. The van der Waals surface area contributed by atoms with E-state index in [-0.39, 0.29) is 6.03 Å². The van der Waals surface area contributed by atoms with Crippen LogP contribution in [0.4, 0.5) is 16.2 Å². The Morgan fingerprint density at radius 2 is 1.89 bits per heavy atom. The van der Waals surface area contributed by atoms with Crippen molar-refractivity contribution in [2.75, 3.05) is 44.1 Å². The summed E-state index contributed by atoms with van der Waals surface area (Å²) in [7, 11) is 3.97. The molecule has 0 atom stereocenters. The van der Waals surface area contributed by atoms with Gasteiger partial charge in [0.15, 0.2) is 0 Å². The zero-order chi connectivity index (χ0) is 18.8. The first-order chi connectivity index (χ1) is 13.1. The molecule has 0 aromatic heterocycles. The van der Waals surface area contributed by atoms with Gasteiger partial charge in [-0.25, -0.2) is 4.79 Å². The van der Waals surface area contributed by atoms with Crippen LogP contribution in [0.5, 0.6) is 11.5 Å². The van der Waals surface area contributed by atoms with Gasteiger partial charge < -0.3 is 25.0 Å². The summed E-state index contributed by atoms with van der Waals surface area (Å²) in [4.78, 5) is 14.2. The number of benzene rings is 2. The minimum Gasteiger partial charge on any atom is -0.493 e. The van der Waals surface area contributed by atoms with E-state index in [0.717, 1.165) is 55.4 Å². The number of rotatable bonds is 5. The molecule has 2 N–H and O–H groups in total. The average molecular weight is 367 g/mol. The standard InChI is InChI=1S/C21H25N3O3/c1-24(2)16-5-3-15(4-6-16)23-21(25)22-10-7-18-17-9-12-26-19(17)13-14-8-11-27-20(14)18/h3-6,13H,7-12H2,1-2H3,(H2,22,23,25). The van der Waals surface area contributed by atoms with Crippen molar-refractivity contribution in [1.82, 2.24) is 5.32 Å². The average Bonchev–Trinajstić information content (AvgIpc) is 3.30. The van der Waals surface area contributed by atoms with Gasteiger partial charge in [0, 0.05) is 61.5 Å². The second-order valence-corrected chi connectivity index (χ2v) is 7.09. The Kier molecular flexibility index (Phi) is 4.79. The number of nitrogens with zero attached hydrogens (tertiary/aromatic N) is 1. The van der Waals surface area contributed by atoms with Crippen LogP contribution in [0, 0.1) is 0 Å². The Labute approximate surface area is 159 Å². The molecule has 0 aliphatic carbocycles. The molecule has 0 fully saturated rings. The van der Waals surface area contributed by atoms with Crippen molar-refractivity contribution >= 4 is 17.4 Å². The normalized spacial score (nSPS) is 14.0. The van der Waals surface area contributed by atoms with Crippen LogP contribution in [-0.2, 0) is 19.3 Å². The van der Waals surface area contributed by atoms with Crippen molar-refractivity contribution in [2.24, 2.45) is 0 Å². The van der Waals surface area contributed by atoms with E-state index < -0.39 is 0 Å². The molecule has 4 rings (SSSR count). The number of hydrogen-bond donors (Lipinski definition) is 2. The third-order valence-electron chi connectivity index (χ3n) is 5.06. The molecule has 6 nitrogen and oxygen atoms in total. The number of carbonyl (C=O) groups is 1. The molecule has 142 valence electrons. The van der Waals surface area contributed by atoms with Crippen LogP contribution in [-0.4, -0.2) is 39.9 Å². The molecule has 2 aliphatic heterocycles. The van der Waals surface area contributed by atoms with Gasteiger partial charge in [-0.05, 0) is 36.8 Å². The van der Waals surface area contributed by atoms with Gasteiger partial charge in [0.05, 0.1) is 13.2 Å². The van der Waals surface area contributed by atoms with Crippen molar-refractivity contribution in [3.05, 3.63) is 47.0 Å². The van der Waals surface area contributed by atoms with Crippen molar-refractivity contribution < 1.29 is 14.3 Å². The van der Waals surface area contributed by atoms with Crippen molar-refractivity contribution in [3.8, 4) is 11.5 Å². The number of ether oxygens (including phenoxy) is 2. The molecule has 2 amide bonds. The SMILES string of the molecule is CN(C)c1ccc(NC(=O)NCCc2c3c(cc4c2OCC4)OCC3)cc1. The fraction of sp³-hybridized carbons (Fsp3) is 0.381. The highest BCUT2D eigenvalue weighted by molar-refractivity contribution is 5.89. The maximum absolute atomic E-state index is 12.2. The number of fused-ring (bicyclic) bond motifs is 2. The fourth-order valence-electron chi connectivity index (χ4n) is 3.67. The first kappa shape index (κ1) is 17.5. The van der Waals surface area contributed by atoms with E-state index in [0.29, 0.717) is 6.54 Å². The molecular weight excluding hydrogens is 342 g/mol. The smallest absolute Gasteiger partial charge is 0.319 e. The highest BCUT2D eigenvalue weighted by Gasteiger charge is 2.26. The topological polar surface area (TPSA) is 62.8 Å². The van der Waals surface area contributed by atoms with Gasteiger partial charge in [-0.3, -0.25) is 0 Å². The Morgan fingerprint density at radius 3 is 2.67 bits per heavy atom. The summed E-state index contributed by atoms with van der Waals surface area (Å²) < 4.78 is 11.6. The van der Waals surface area contributed by atoms with E-state index >= 15 is 0 Å².